The maximum absolute atomic E-state index is 12.7. The third-order valence-corrected chi connectivity index (χ3v) is 23.5. The van der Waals surface area contributed by atoms with Crippen molar-refractivity contribution in [1.82, 2.24) is 78.1 Å². The van der Waals surface area contributed by atoms with Crippen LogP contribution < -0.4 is 14.2 Å². The van der Waals surface area contributed by atoms with Crippen LogP contribution in [0.15, 0.2) is 50.6 Å². The lowest BCUT2D eigenvalue weighted by atomic mass is 10.1. The van der Waals surface area contributed by atoms with Crippen molar-refractivity contribution in [2.45, 2.75) is 245 Å². The quantitative estimate of drug-likeness (QED) is 0.0175. The predicted molar refractivity (Wildman–Crippen MR) is 422 cm³/mol. The number of aliphatic hydroxyl groups is 2. The van der Waals surface area contributed by atoms with Gasteiger partial charge in [0, 0.05) is 0 Å². The fraction of sp³-hybridized carbons (Fsp3) is 0.714. The van der Waals surface area contributed by atoms with E-state index in [2.05, 4.69) is 59.8 Å². The number of rotatable bonds is 34. The molecule has 8 aromatic rings. The van der Waals surface area contributed by atoms with Crippen molar-refractivity contribution in [1.29, 1.82) is 0 Å². The summed E-state index contributed by atoms with van der Waals surface area (Å²) in [5.74, 6) is -1.41. The lowest BCUT2D eigenvalue weighted by Gasteiger charge is -2.25. The summed E-state index contributed by atoms with van der Waals surface area (Å²) in [6.07, 6.45) is -1.16. The Kier molecular flexibility index (Phi) is 30.8. The molecule has 0 aromatic carbocycles. The van der Waals surface area contributed by atoms with Gasteiger partial charge in [-0.1, -0.05) is 11.6 Å². The van der Waals surface area contributed by atoms with Gasteiger partial charge in [0.25, 0.3) is 0 Å². The standard InChI is InChI=1S/C21H33N4O8P.C18H26ClN4O7P.C17H25N4O8P.C14H21N4O8P/c1-7-28-34(26,29-8-2)12-27-9-14-16-17(33-21(5,6)32-16)20(31-14)25-11-24-15-18(25)22-10-23-19(15)30-13(3)4;1-5-26-31(24,27-6-2)10-25-7-11-13-14(30-18(3,4)29-13)17(28-11)23-9-22-12-15(19)20-8-21-16(12)23;1-9(2)26-15-11-14(18-6-19-15)21(7-20-11)16-13-12(28-17(3,4)29-13)10(27-16)5-25-8-30(22,23)24;1-7(2)25-13-9-12(15-4-16-13)18(5-17-9)14-11(20)10(19)8(26-14)3-24-6-27(21,22)23/h10-11,13-14,16-17,20H,7-9,12H2,1-6H3;8-9,11,13-14,17H,5-7,10H2,1-4H3;6-7,9-10,12-13,16H,5,8H2,1-4H3,(H2,22,23,24);4-5,7-8,10-11,14,19-20H,3,6H2,1-2H3,(H2,21,22,23)/t14-,16-,17-,20-;11-,13-,14-,17-;10-,12-,13-,16-;8-,10-,11-,14-/m1111/s1. The van der Waals surface area contributed by atoms with E-state index in [4.69, 9.17) is 130 Å². The molecule has 15 rings (SSSR count). The fourth-order valence-electron chi connectivity index (χ4n) is 14.3. The molecule has 122 heavy (non-hydrogen) atoms. The molecule has 7 saturated heterocycles. The van der Waals surface area contributed by atoms with Crippen LogP contribution in [0.2, 0.25) is 5.15 Å². The number of hydrogen-bond acceptors (Lipinski definition) is 39. The minimum Gasteiger partial charge on any atom is -0.473 e. The molecule has 15 heterocycles. The Labute approximate surface area is 704 Å². The molecule has 0 aliphatic carbocycles. The normalized spacial score (nSPS) is 27.2. The summed E-state index contributed by atoms with van der Waals surface area (Å²) in [5.41, 5.74) is 3.80. The monoisotopic (exact) mass is 1820 g/mol. The molecule has 678 valence electrons. The van der Waals surface area contributed by atoms with Crippen molar-refractivity contribution >= 4 is 86.6 Å². The third-order valence-electron chi connectivity index (χ3n) is 18.6. The largest absolute Gasteiger partial charge is 0.473 e. The first kappa shape index (κ1) is 95.0. The van der Waals surface area contributed by atoms with Gasteiger partial charge in [-0.05, 0) is 111 Å². The third kappa shape index (κ3) is 22.9. The summed E-state index contributed by atoms with van der Waals surface area (Å²) in [7, 11) is -15.3. The molecule has 8 aromatic heterocycles. The van der Waals surface area contributed by atoms with E-state index < -0.39 is 159 Å². The molecule has 47 nitrogen and oxygen atoms in total. The van der Waals surface area contributed by atoms with Crippen molar-refractivity contribution < 1.29 is 147 Å². The molecular formula is C70H105ClN16O31P4. The number of halogens is 1. The summed E-state index contributed by atoms with van der Waals surface area (Å²) >= 11 is 6.13. The number of hydrogen-bond donors (Lipinski definition) is 6. The van der Waals surface area contributed by atoms with Gasteiger partial charge in [0.1, 0.15) is 129 Å². The molecule has 0 radical (unpaired) electrons. The Morgan fingerprint density at radius 1 is 0.377 bits per heavy atom. The first-order chi connectivity index (χ1) is 57.6. The first-order valence-corrected chi connectivity index (χ1v) is 46.6. The van der Waals surface area contributed by atoms with E-state index in [0.717, 1.165) is 0 Å². The molecule has 0 unspecified atom stereocenters. The van der Waals surface area contributed by atoms with Crippen LogP contribution in [0.5, 0.6) is 17.6 Å². The highest BCUT2D eigenvalue weighted by Crippen LogP contribution is 2.52. The Bertz CT molecular complexity index is 5000. The Balaban J connectivity index is 0.000000149. The second kappa shape index (κ2) is 39.6. The van der Waals surface area contributed by atoms with E-state index in [1.165, 1.54) is 36.2 Å². The molecule has 6 N–H and O–H groups in total. The number of aliphatic hydroxyl groups excluding tert-OH is 2. The zero-order chi connectivity index (χ0) is 88.2. The lowest BCUT2D eigenvalue weighted by Crippen LogP contribution is -2.33. The van der Waals surface area contributed by atoms with Crippen molar-refractivity contribution in [3.05, 3.63) is 55.8 Å². The summed E-state index contributed by atoms with van der Waals surface area (Å²) in [5, 5.41) is 20.7. The highest BCUT2D eigenvalue weighted by Gasteiger charge is 2.60. The fourth-order valence-corrected chi connectivity index (χ4v) is 17.8. The maximum Gasteiger partial charge on any atom is 0.356 e. The first-order valence-electron chi connectivity index (χ1n) is 39.2. The van der Waals surface area contributed by atoms with Crippen molar-refractivity contribution in [3.63, 3.8) is 0 Å². The Morgan fingerprint density at radius 2 is 0.648 bits per heavy atom. The Morgan fingerprint density at radius 3 is 0.959 bits per heavy atom. The zero-order valence-corrected chi connectivity index (χ0v) is 74.1. The van der Waals surface area contributed by atoms with Gasteiger partial charge in [-0.3, -0.25) is 36.5 Å². The predicted octanol–water partition coefficient (Wildman–Crippen LogP) is 6.98. The average molecular weight is 1830 g/mol. The van der Waals surface area contributed by atoms with Crippen LogP contribution in [-0.4, -0.2) is 295 Å². The molecule has 16 atom stereocenters. The maximum atomic E-state index is 12.7. The van der Waals surface area contributed by atoms with Crippen molar-refractivity contribution in [3.8, 4) is 17.6 Å². The Hall–Kier alpha value is -6.15. The van der Waals surface area contributed by atoms with Crippen LogP contribution >= 0.6 is 42.0 Å². The van der Waals surface area contributed by atoms with E-state index in [0.29, 0.717) is 56.4 Å². The molecule has 0 amide bonds. The lowest BCUT2D eigenvalue weighted by molar-refractivity contribution is -0.201. The van der Waals surface area contributed by atoms with E-state index >= 15 is 0 Å². The smallest absolute Gasteiger partial charge is 0.356 e. The van der Waals surface area contributed by atoms with Crippen LogP contribution in [-0.2, 0) is 103 Å². The van der Waals surface area contributed by atoms with E-state index in [-0.39, 0.29) is 94.9 Å². The van der Waals surface area contributed by atoms with Crippen molar-refractivity contribution in [2.24, 2.45) is 0 Å². The van der Waals surface area contributed by atoms with Crippen LogP contribution in [0.1, 0.15) is 136 Å². The number of aromatic nitrogens is 16. The number of imidazole rings is 4. The molecule has 0 saturated carbocycles. The second-order valence-corrected chi connectivity index (χ2v) is 38.2. The van der Waals surface area contributed by atoms with E-state index in [1.54, 1.807) is 74.2 Å². The average Bonchev–Trinajstić information content (AvgIpc) is 1.60. The van der Waals surface area contributed by atoms with Crippen LogP contribution in [0.4, 0.5) is 0 Å². The van der Waals surface area contributed by atoms with E-state index in [9.17, 15) is 28.5 Å². The van der Waals surface area contributed by atoms with Gasteiger partial charge in [0.05, 0.1) is 96.5 Å². The number of nitrogens with zero attached hydrogens (tertiary/aromatic N) is 16. The number of fused-ring (bicyclic) bond motifs is 7. The van der Waals surface area contributed by atoms with Crippen molar-refractivity contribution in [2.75, 3.05) is 78.2 Å². The highest BCUT2D eigenvalue weighted by molar-refractivity contribution is 7.54. The topological polar surface area (TPSA) is 558 Å². The van der Waals surface area contributed by atoms with Gasteiger partial charge in [-0.2, -0.15) is 15.0 Å². The van der Waals surface area contributed by atoms with Crippen LogP contribution in [0.3, 0.4) is 0 Å². The van der Waals surface area contributed by atoms with Gasteiger partial charge in [0.2, 0.25) is 17.6 Å². The second-order valence-electron chi connectivity index (χ2n) is 30.7. The SMILES string of the molecule is CC(C)Oc1ncnc2c1ncn2[C@@H]1O[C@H](COCP(=O)(O)O)[C@@H](O)[C@H]1O.CC(C)Oc1ncnc2c1ncn2[C@@H]1O[C@H](COCP(=O)(O)O)[C@H]2OC(C)(C)O[C@H]21.CCOP(=O)(COC[C@H]1O[C@@H](n2cnc3c(Cl)ncnc32)[C@@H]2OC(C)(C)O[C@@H]21)OCC.CCOP(=O)(COC[C@H]1O[C@@H](n2cnc3c(OC(C)C)ncnc32)[C@@H]2OC(C)(C)O[C@@H]21)OCC. The minimum absolute atomic E-state index is 0.0615. The molecule has 0 bridgehead atoms. The molecule has 7 aliphatic rings. The molecule has 52 heteroatoms. The zero-order valence-electron chi connectivity index (χ0n) is 69.8. The van der Waals surface area contributed by atoms with E-state index in [1.807, 2.05) is 69.2 Å². The van der Waals surface area contributed by atoms with Gasteiger partial charge >= 0.3 is 30.4 Å². The molecule has 7 fully saturated rings. The molecular weight excluding hydrogens is 1720 g/mol. The highest BCUT2D eigenvalue weighted by atomic mass is 35.5. The summed E-state index contributed by atoms with van der Waals surface area (Å²) in [4.78, 5) is 86.5. The minimum atomic E-state index is -4.34. The summed E-state index contributed by atoms with van der Waals surface area (Å²) < 4.78 is 174. The van der Waals surface area contributed by atoms with Gasteiger partial charge in [-0.15, -0.1) is 0 Å². The van der Waals surface area contributed by atoms with Gasteiger partial charge in [-0.25, -0.2) is 44.9 Å². The molecule has 7 aliphatic heterocycles. The molecule has 0 spiro atoms. The van der Waals surface area contributed by atoms with Gasteiger partial charge < -0.3 is 128 Å². The summed E-state index contributed by atoms with van der Waals surface area (Å²) in [6, 6.07) is 0. The summed E-state index contributed by atoms with van der Waals surface area (Å²) in [6.45, 7) is 30.2. The van der Waals surface area contributed by atoms with Gasteiger partial charge in [0.15, 0.2) is 86.6 Å². The number of ether oxygens (including phenoxy) is 17. The van der Waals surface area contributed by atoms with Crippen LogP contribution in [0.25, 0.3) is 44.7 Å². The van der Waals surface area contributed by atoms with Crippen LogP contribution in [0, 0.1) is 0 Å².